The molecule has 7 nitrogen and oxygen atoms in total. The van der Waals surface area contributed by atoms with E-state index in [9.17, 15) is 10.1 Å². The molecule has 0 bridgehead atoms. The van der Waals surface area contributed by atoms with Crippen LogP contribution in [0.3, 0.4) is 0 Å². The van der Waals surface area contributed by atoms with Gasteiger partial charge in [-0.1, -0.05) is 12.1 Å². The second-order valence-corrected chi connectivity index (χ2v) is 5.44. The molecule has 132 valence electrons. The van der Waals surface area contributed by atoms with Gasteiger partial charge in [-0.3, -0.25) is 4.79 Å². The zero-order chi connectivity index (χ0) is 18.2. The third kappa shape index (κ3) is 4.22. The summed E-state index contributed by atoms with van der Waals surface area (Å²) in [6.07, 6.45) is 0. The van der Waals surface area contributed by atoms with Crippen molar-refractivity contribution in [2.75, 3.05) is 38.3 Å². The number of hydrogen-bond acceptors (Lipinski definition) is 6. The molecular weight excluding hydrogens is 318 g/mol. The molecule has 1 N–H and O–H groups in total. The lowest BCUT2D eigenvalue weighted by Crippen LogP contribution is -2.33. The number of anilines is 1. The molecule has 0 radical (unpaired) electrons. The van der Waals surface area contributed by atoms with Crippen LogP contribution in [0.25, 0.3) is 11.0 Å². The lowest BCUT2D eigenvalue weighted by molar-refractivity contribution is -0.121. The fourth-order valence-corrected chi connectivity index (χ4v) is 2.58. The predicted molar refractivity (Wildman–Crippen MR) is 96.3 cm³/mol. The lowest BCUT2D eigenvalue weighted by Gasteiger charge is -2.24. The van der Waals surface area contributed by atoms with Crippen molar-refractivity contribution < 1.29 is 9.53 Å². The largest absolute Gasteiger partial charge is 0.383 e. The van der Waals surface area contributed by atoms with E-state index in [1.54, 1.807) is 7.11 Å². The first kappa shape index (κ1) is 18.6. The lowest BCUT2D eigenvalue weighted by atomic mass is 10.0. The molecule has 0 fully saturated rings. The average molecular weight is 341 g/mol. The number of amides is 1. The molecule has 1 aromatic heterocycles. The van der Waals surface area contributed by atoms with Crippen LogP contribution in [-0.2, 0) is 9.53 Å². The van der Waals surface area contributed by atoms with E-state index < -0.39 is 11.8 Å². The summed E-state index contributed by atoms with van der Waals surface area (Å²) < 4.78 is 4.93. The zero-order valence-corrected chi connectivity index (χ0v) is 14.8. The summed E-state index contributed by atoms with van der Waals surface area (Å²) in [7, 11) is 1.56. The number of para-hydroxylation sites is 2. The normalized spacial score (nSPS) is 11.8. The quantitative estimate of drug-likeness (QED) is 0.737. The van der Waals surface area contributed by atoms with Gasteiger partial charge in [-0.25, -0.2) is 9.97 Å². The summed E-state index contributed by atoms with van der Waals surface area (Å²) in [5, 5.41) is 12.3. The van der Waals surface area contributed by atoms with Gasteiger partial charge < -0.3 is 15.0 Å². The maximum absolute atomic E-state index is 12.5. The summed E-state index contributed by atoms with van der Waals surface area (Å²) in [5.74, 6) is -0.834. The van der Waals surface area contributed by atoms with Crippen LogP contribution in [-0.4, -0.2) is 49.2 Å². The van der Waals surface area contributed by atoms with Gasteiger partial charge in [0.25, 0.3) is 0 Å². The van der Waals surface area contributed by atoms with Crippen molar-refractivity contribution in [2.45, 2.75) is 19.8 Å². The van der Waals surface area contributed by atoms with Crippen molar-refractivity contribution in [2.24, 2.45) is 0 Å². The Balaban J connectivity index is 2.50. The molecule has 2 aromatic rings. The van der Waals surface area contributed by atoms with Crippen molar-refractivity contribution >= 4 is 22.8 Å². The highest BCUT2D eigenvalue weighted by Crippen LogP contribution is 2.27. The van der Waals surface area contributed by atoms with Crippen molar-refractivity contribution in [1.29, 1.82) is 5.26 Å². The Morgan fingerprint density at radius 3 is 2.48 bits per heavy atom. The van der Waals surface area contributed by atoms with Gasteiger partial charge in [-0.2, -0.15) is 5.26 Å². The van der Waals surface area contributed by atoms with Crippen LogP contribution < -0.4 is 10.2 Å². The molecule has 0 saturated carbocycles. The fraction of sp³-hybridized carbons (Fsp3) is 0.444. The number of nitriles is 1. The molecule has 25 heavy (non-hydrogen) atoms. The molecule has 0 spiro atoms. The van der Waals surface area contributed by atoms with Crippen LogP contribution in [0.2, 0.25) is 0 Å². The van der Waals surface area contributed by atoms with Gasteiger partial charge in [0.15, 0.2) is 11.7 Å². The standard InChI is InChI=1S/C18H23N5O2/c1-4-23(5-2)17-16(13(12-19)18(24)20-10-11-25-3)21-14-8-6-7-9-15(14)22-17/h6-9,13H,4-5,10-11H2,1-3H3,(H,20,24). The highest BCUT2D eigenvalue weighted by molar-refractivity contribution is 5.88. The van der Waals surface area contributed by atoms with Gasteiger partial charge in [0.2, 0.25) is 5.91 Å². The summed E-state index contributed by atoms with van der Waals surface area (Å²) >= 11 is 0. The average Bonchev–Trinajstić information content (AvgIpc) is 2.63. The number of rotatable bonds is 8. The minimum Gasteiger partial charge on any atom is -0.383 e. The number of aromatic nitrogens is 2. The third-order valence-corrected chi connectivity index (χ3v) is 3.91. The molecule has 7 heteroatoms. The van der Waals surface area contributed by atoms with Crippen molar-refractivity contribution in [3.05, 3.63) is 30.0 Å². The Bertz CT molecular complexity index is 768. The summed E-state index contributed by atoms with van der Waals surface area (Å²) in [4.78, 5) is 23.7. The Labute approximate surface area is 147 Å². The number of nitrogens with zero attached hydrogens (tertiary/aromatic N) is 4. The molecule has 2 rings (SSSR count). The van der Waals surface area contributed by atoms with Gasteiger partial charge >= 0.3 is 0 Å². The summed E-state index contributed by atoms with van der Waals surface area (Å²) in [6.45, 7) is 6.15. The van der Waals surface area contributed by atoms with Crippen molar-refractivity contribution in [3.63, 3.8) is 0 Å². The topological polar surface area (TPSA) is 91.1 Å². The van der Waals surface area contributed by atoms with Crippen LogP contribution in [0.4, 0.5) is 5.82 Å². The van der Waals surface area contributed by atoms with E-state index in [0.717, 1.165) is 5.52 Å². The molecule has 0 aliphatic rings. The Morgan fingerprint density at radius 2 is 1.92 bits per heavy atom. The predicted octanol–water partition coefficient (Wildman–Crippen LogP) is 1.85. The van der Waals surface area contributed by atoms with E-state index in [0.29, 0.717) is 43.3 Å². The van der Waals surface area contributed by atoms with Crippen LogP contribution in [0.5, 0.6) is 0 Å². The molecule has 1 heterocycles. The molecule has 1 unspecified atom stereocenters. The van der Waals surface area contributed by atoms with Gasteiger partial charge in [0.1, 0.15) is 5.69 Å². The summed E-state index contributed by atoms with van der Waals surface area (Å²) in [5.41, 5.74) is 1.79. The molecule has 0 aliphatic heterocycles. The minimum absolute atomic E-state index is 0.342. The molecule has 0 aliphatic carbocycles. The second kappa shape index (κ2) is 8.94. The minimum atomic E-state index is -1.02. The number of nitrogens with one attached hydrogen (secondary N) is 1. The monoisotopic (exact) mass is 341 g/mol. The molecule has 1 atom stereocenters. The Hall–Kier alpha value is -2.72. The number of benzene rings is 1. The van der Waals surface area contributed by atoms with E-state index in [4.69, 9.17) is 4.74 Å². The maximum atomic E-state index is 12.5. The first-order valence-electron chi connectivity index (χ1n) is 8.34. The second-order valence-electron chi connectivity index (χ2n) is 5.44. The van der Waals surface area contributed by atoms with E-state index >= 15 is 0 Å². The number of carbonyl (C=O) groups is 1. The highest BCUT2D eigenvalue weighted by Gasteiger charge is 2.27. The van der Waals surface area contributed by atoms with E-state index in [-0.39, 0.29) is 0 Å². The zero-order valence-electron chi connectivity index (χ0n) is 14.8. The molecule has 1 aromatic carbocycles. The molecular formula is C18H23N5O2. The van der Waals surface area contributed by atoms with Gasteiger partial charge in [0.05, 0.1) is 23.7 Å². The maximum Gasteiger partial charge on any atom is 0.243 e. The van der Waals surface area contributed by atoms with Crippen LogP contribution in [0, 0.1) is 11.3 Å². The first-order chi connectivity index (χ1) is 12.2. The van der Waals surface area contributed by atoms with Gasteiger partial charge in [0, 0.05) is 26.7 Å². The number of carbonyl (C=O) groups excluding carboxylic acids is 1. The number of fused-ring (bicyclic) bond motifs is 1. The third-order valence-electron chi connectivity index (χ3n) is 3.91. The van der Waals surface area contributed by atoms with Gasteiger partial charge in [-0.05, 0) is 26.0 Å². The highest BCUT2D eigenvalue weighted by atomic mass is 16.5. The van der Waals surface area contributed by atoms with Crippen molar-refractivity contribution in [1.82, 2.24) is 15.3 Å². The van der Waals surface area contributed by atoms with Crippen LogP contribution >= 0.6 is 0 Å². The van der Waals surface area contributed by atoms with Gasteiger partial charge in [-0.15, -0.1) is 0 Å². The molecule has 1 amide bonds. The fourth-order valence-electron chi connectivity index (χ4n) is 2.58. The number of hydrogen-bond donors (Lipinski definition) is 1. The van der Waals surface area contributed by atoms with Crippen molar-refractivity contribution in [3.8, 4) is 6.07 Å². The molecule has 0 saturated heterocycles. The Morgan fingerprint density at radius 1 is 1.28 bits per heavy atom. The number of ether oxygens (including phenoxy) is 1. The number of methoxy groups -OCH3 is 1. The van der Waals surface area contributed by atoms with E-state index in [1.165, 1.54) is 0 Å². The Kier molecular flexibility index (Phi) is 6.66. The van der Waals surface area contributed by atoms with E-state index in [2.05, 4.69) is 21.4 Å². The summed E-state index contributed by atoms with van der Waals surface area (Å²) in [6, 6.07) is 9.52. The van der Waals surface area contributed by atoms with E-state index in [1.807, 2.05) is 43.0 Å². The smallest absolute Gasteiger partial charge is 0.243 e. The van der Waals surface area contributed by atoms with Crippen LogP contribution in [0.15, 0.2) is 24.3 Å². The van der Waals surface area contributed by atoms with Crippen LogP contribution in [0.1, 0.15) is 25.5 Å². The SMILES string of the molecule is CCN(CC)c1nc2ccccc2nc1C(C#N)C(=O)NCCOC. The first-order valence-corrected chi connectivity index (χ1v) is 8.34.